The Hall–Kier alpha value is -3.29. The van der Waals surface area contributed by atoms with Crippen LogP contribution in [0.4, 0.5) is 5.69 Å². The number of anilines is 1. The molecule has 0 heterocycles. The van der Waals surface area contributed by atoms with Crippen LogP contribution >= 0.6 is 27.7 Å². The van der Waals surface area contributed by atoms with Gasteiger partial charge in [0, 0.05) is 15.1 Å². The van der Waals surface area contributed by atoms with E-state index in [1.165, 1.54) is 11.8 Å². The summed E-state index contributed by atoms with van der Waals surface area (Å²) in [5, 5.41) is 4.91. The van der Waals surface area contributed by atoms with Gasteiger partial charge in [0.15, 0.2) is 6.61 Å². The SMILES string of the molecule is O=C(COC(=O)CSc1ccc2ccccc2c1Br)Nc1ccc(OCc2ccccc2)cc1. The molecule has 4 rings (SSSR count). The fraction of sp³-hybridized carbons (Fsp3) is 0.111. The number of carbonyl (C=O) groups excluding carboxylic acids is 2. The van der Waals surface area contributed by atoms with Crippen molar-refractivity contribution in [3.8, 4) is 5.75 Å². The van der Waals surface area contributed by atoms with E-state index in [-0.39, 0.29) is 12.4 Å². The zero-order valence-electron chi connectivity index (χ0n) is 18.2. The van der Waals surface area contributed by atoms with E-state index < -0.39 is 11.9 Å². The summed E-state index contributed by atoms with van der Waals surface area (Å²) in [6.07, 6.45) is 0. The Kier molecular flexibility index (Phi) is 8.22. The minimum absolute atomic E-state index is 0.109. The first kappa shape index (κ1) is 23.9. The van der Waals surface area contributed by atoms with Crippen molar-refractivity contribution in [2.75, 3.05) is 17.7 Å². The second kappa shape index (κ2) is 11.7. The van der Waals surface area contributed by atoms with Crippen LogP contribution in [0, 0.1) is 0 Å². The second-order valence-electron chi connectivity index (χ2n) is 7.40. The van der Waals surface area contributed by atoms with E-state index >= 15 is 0 Å². The number of halogens is 1. The highest BCUT2D eigenvalue weighted by Gasteiger charge is 2.11. The van der Waals surface area contributed by atoms with Gasteiger partial charge in [0.2, 0.25) is 0 Å². The molecule has 4 aromatic carbocycles. The van der Waals surface area contributed by atoms with E-state index in [2.05, 4.69) is 21.2 Å². The number of benzene rings is 4. The van der Waals surface area contributed by atoms with Gasteiger partial charge in [0.1, 0.15) is 12.4 Å². The molecule has 7 heteroatoms. The Labute approximate surface area is 210 Å². The average Bonchev–Trinajstić information content (AvgIpc) is 2.87. The van der Waals surface area contributed by atoms with Crippen molar-refractivity contribution < 1.29 is 19.1 Å². The number of amides is 1. The molecule has 0 atom stereocenters. The monoisotopic (exact) mass is 535 g/mol. The van der Waals surface area contributed by atoms with Crippen LogP contribution in [0.3, 0.4) is 0 Å². The quantitative estimate of drug-likeness (QED) is 0.197. The number of fused-ring (bicyclic) bond motifs is 1. The largest absolute Gasteiger partial charge is 0.489 e. The van der Waals surface area contributed by atoms with Gasteiger partial charge in [-0.15, -0.1) is 11.8 Å². The normalized spacial score (nSPS) is 10.6. The standard InChI is InChI=1S/C27H22BrNO4S/c28-27-23-9-5-4-8-20(23)10-15-24(27)34-18-26(31)33-17-25(30)29-21-11-13-22(14-12-21)32-16-19-6-2-1-3-7-19/h1-15H,16-18H2,(H,29,30). The number of ether oxygens (including phenoxy) is 2. The molecule has 0 spiro atoms. The van der Waals surface area contributed by atoms with E-state index in [4.69, 9.17) is 9.47 Å². The molecule has 0 bridgehead atoms. The van der Waals surface area contributed by atoms with Crippen molar-refractivity contribution in [1.82, 2.24) is 0 Å². The molecular weight excluding hydrogens is 514 g/mol. The van der Waals surface area contributed by atoms with Gasteiger partial charge in [0.25, 0.3) is 5.91 Å². The summed E-state index contributed by atoms with van der Waals surface area (Å²) in [4.78, 5) is 25.2. The molecular formula is C27H22BrNO4S. The summed E-state index contributed by atoms with van der Waals surface area (Å²) in [5.74, 6) is -0.0456. The van der Waals surface area contributed by atoms with E-state index in [0.29, 0.717) is 18.0 Å². The minimum atomic E-state index is -0.454. The van der Waals surface area contributed by atoms with Crippen molar-refractivity contribution in [3.05, 3.63) is 101 Å². The number of rotatable bonds is 9. The molecule has 0 aliphatic rings. The van der Waals surface area contributed by atoms with E-state index in [0.717, 1.165) is 25.7 Å². The van der Waals surface area contributed by atoms with E-state index in [1.54, 1.807) is 24.3 Å². The van der Waals surface area contributed by atoms with Crippen molar-refractivity contribution in [1.29, 1.82) is 0 Å². The fourth-order valence-electron chi connectivity index (χ4n) is 3.22. The van der Waals surface area contributed by atoms with Crippen LogP contribution in [0.25, 0.3) is 10.8 Å². The van der Waals surface area contributed by atoms with Crippen molar-refractivity contribution in [3.63, 3.8) is 0 Å². The fourth-order valence-corrected chi connectivity index (χ4v) is 4.82. The Morgan fingerprint density at radius 2 is 1.59 bits per heavy atom. The molecule has 172 valence electrons. The molecule has 1 N–H and O–H groups in total. The number of hydrogen-bond acceptors (Lipinski definition) is 5. The third-order valence-corrected chi connectivity index (χ3v) is 7.07. The predicted molar refractivity (Wildman–Crippen MR) is 139 cm³/mol. The number of esters is 1. The highest BCUT2D eigenvalue weighted by molar-refractivity contribution is 9.10. The number of thioether (sulfide) groups is 1. The summed E-state index contributed by atoms with van der Waals surface area (Å²) in [6, 6.07) is 28.9. The molecule has 34 heavy (non-hydrogen) atoms. The predicted octanol–water partition coefficient (Wildman–Crippen LogP) is 6.46. The van der Waals surface area contributed by atoms with Gasteiger partial charge in [-0.3, -0.25) is 9.59 Å². The first-order valence-corrected chi connectivity index (χ1v) is 12.4. The maximum atomic E-state index is 12.2. The molecule has 1 amide bonds. The van der Waals surface area contributed by atoms with Crippen LogP contribution in [0.15, 0.2) is 100 Å². The lowest BCUT2D eigenvalue weighted by atomic mass is 10.1. The lowest BCUT2D eigenvalue weighted by molar-refractivity contribution is -0.144. The summed E-state index contributed by atoms with van der Waals surface area (Å²) in [5.41, 5.74) is 1.68. The second-order valence-corrected chi connectivity index (χ2v) is 9.21. The lowest BCUT2D eigenvalue weighted by Crippen LogP contribution is -2.21. The van der Waals surface area contributed by atoms with E-state index in [1.807, 2.05) is 66.7 Å². The summed E-state index contributed by atoms with van der Waals surface area (Å²) in [6.45, 7) is 0.126. The number of hydrogen-bond donors (Lipinski definition) is 1. The van der Waals surface area contributed by atoms with Gasteiger partial charge in [-0.25, -0.2) is 0 Å². The molecule has 0 aliphatic heterocycles. The van der Waals surface area contributed by atoms with Gasteiger partial charge in [-0.05, 0) is 62.6 Å². The summed E-state index contributed by atoms with van der Waals surface area (Å²) >= 11 is 4.97. The summed E-state index contributed by atoms with van der Waals surface area (Å²) < 4.78 is 11.8. The first-order chi connectivity index (χ1) is 16.6. The average molecular weight is 536 g/mol. The zero-order chi connectivity index (χ0) is 23.8. The molecule has 0 fully saturated rings. The third kappa shape index (κ3) is 6.62. The van der Waals surface area contributed by atoms with Crippen LogP contribution in [0.2, 0.25) is 0 Å². The maximum Gasteiger partial charge on any atom is 0.316 e. The Balaban J connectivity index is 1.20. The lowest BCUT2D eigenvalue weighted by Gasteiger charge is -2.10. The molecule has 0 radical (unpaired) electrons. The molecule has 5 nitrogen and oxygen atoms in total. The van der Waals surface area contributed by atoms with Crippen molar-refractivity contribution >= 4 is 56.0 Å². The van der Waals surface area contributed by atoms with Crippen LogP contribution in [0.5, 0.6) is 5.75 Å². The first-order valence-electron chi connectivity index (χ1n) is 10.6. The maximum absolute atomic E-state index is 12.2. The molecule has 4 aromatic rings. The molecule has 0 aliphatic carbocycles. The Morgan fingerprint density at radius 3 is 2.38 bits per heavy atom. The number of nitrogens with one attached hydrogen (secondary N) is 1. The van der Waals surface area contributed by atoms with E-state index in [9.17, 15) is 9.59 Å². The van der Waals surface area contributed by atoms with Crippen LogP contribution < -0.4 is 10.1 Å². The van der Waals surface area contributed by atoms with Crippen molar-refractivity contribution in [2.45, 2.75) is 11.5 Å². The van der Waals surface area contributed by atoms with Crippen LogP contribution in [-0.2, 0) is 20.9 Å². The highest BCUT2D eigenvalue weighted by atomic mass is 79.9. The van der Waals surface area contributed by atoms with Gasteiger partial charge >= 0.3 is 5.97 Å². The van der Waals surface area contributed by atoms with Crippen LogP contribution in [-0.4, -0.2) is 24.2 Å². The summed E-state index contributed by atoms with van der Waals surface area (Å²) in [7, 11) is 0. The molecule has 0 saturated heterocycles. The Morgan fingerprint density at radius 1 is 0.853 bits per heavy atom. The number of carbonyl (C=O) groups is 2. The van der Waals surface area contributed by atoms with Gasteiger partial charge < -0.3 is 14.8 Å². The smallest absolute Gasteiger partial charge is 0.316 e. The zero-order valence-corrected chi connectivity index (χ0v) is 20.6. The molecule has 0 aromatic heterocycles. The topological polar surface area (TPSA) is 64.6 Å². The molecule has 0 unspecified atom stereocenters. The van der Waals surface area contributed by atoms with Gasteiger partial charge in [-0.2, -0.15) is 0 Å². The van der Waals surface area contributed by atoms with Crippen LogP contribution in [0.1, 0.15) is 5.56 Å². The van der Waals surface area contributed by atoms with Gasteiger partial charge in [0.05, 0.1) is 5.75 Å². The molecule has 0 saturated carbocycles. The minimum Gasteiger partial charge on any atom is -0.489 e. The Bertz CT molecular complexity index is 1280. The van der Waals surface area contributed by atoms with Gasteiger partial charge in [-0.1, -0.05) is 60.7 Å². The van der Waals surface area contributed by atoms with Crippen molar-refractivity contribution in [2.24, 2.45) is 0 Å². The highest BCUT2D eigenvalue weighted by Crippen LogP contribution is 2.34. The third-order valence-electron chi connectivity index (χ3n) is 4.92.